The van der Waals surface area contributed by atoms with Crippen molar-refractivity contribution in [3.05, 3.63) is 63.3 Å². The van der Waals surface area contributed by atoms with Crippen molar-refractivity contribution in [2.24, 2.45) is 5.10 Å². The molecule has 19 heavy (non-hydrogen) atoms. The van der Waals surface area contributed by atoms with Gasteiger partial charge >= 0.3 is 0 Å². The van der Waals surface area contributed by atoms with Crippen LogP contribution in [-0.2, 0) is 0 Å². The number of nitrogens with one attached hydrogen (secondary N) is 1. The highest BCUT2D eigenvalue weighted by molar-refractivity contribution is 9.10. The summed E-state index contributed by atoms with van der Waals surface area (Å²) in [5.41, 5.74) is 4.49. The topological polar surface area (TPSA) is 24.4 Å². The fourth-order valence-corrected chi connectivity index (χ4v) is 2.14. The molecule has 0 aromatic heterocycles. The molecule has 0 fully saturated rings. The Morgan fingerprint density at radius 3 is 2.53 bits per heavy atom. The van der Waals surface area contributed by atoms with E-state index >= 15 is 0 Å². The Hall–Kier alpha value is -1.39. The van der Waals surface area contributed by atoms with Crippen LogP contribution in [0.5, 0.6) is 0 Å². The summed E-state index contributed by atoms with van der Waals surface area (Å²) in [6.45, 7) is 1.70. The molecule has 0 aliphatic carbocycles. The van der Waals surface area contributed by atoms with E-state index in [0.29, 0.717) is 16.3 Å². The summed E-state index contributed by atoms with van der Waals surface area (Å²) in [5.74, 6) is -0.383. The highest BCUT2D eigenvalue weighted by Gasteiger charge is 2.09. The van der Waals surface area contributed by atoms with Crippen molar-refractivity contribution in [3.8, 4) is 0 Å². The van der Waals surface area contributed by atoms with Gasteiger partial charge in [0.2, 0.25) is 0 Å². The Kier molecular flexibility index (Phi) is 4.56. The van der Waals surface area contributed by atoms with Crippen molar-refractivity contribution in [2.75, 3.05) is 5.43 Å². The first-order valence-electron chi connectivity index (χ1n) is 5.58. The summed E-state index contributed by atoms with van der Waals surface area (Å²) >= 11 is 9.32. The van der Waals surface area contributed by atoms with Crippen molar-refractivity contribution in [2.45, 2.75) is 6.92 Å². The fraction of sp³-hybridized carbons (Fsp3) is 0.0714. The summed E-state index contributed by atoms with van der Waals surface area (Å²) in [6, 6.07) is 12.1. The molecular weight excluding hydrogens is 331 g/mol. The largest absolute Gasteiger partial charge is 0.278 e. The highest BCUT2D eigenvalue weighted by atomic mass is 79.9. The summed E-state index contributed by atoms with van der Waals surface area (Å²) in [4.78, 5) is 0. The number of nitrogens with zero attached hydrogens (tertiary/aromatic N) is 1. The molecule has 2 aromatic rings. The number of hydrazone groups is 1. The van der Waals surface area contributed by atoms with Gasteiger partial charge in [-0.2, -0.15) is 5.10 Å². The number of hydrogen-bond donors (Lipinski definition) is 1. The van der Waals surface area contributed by atoms with Gasteiger partial charge in [-0.15, -0.1) is 0 Å². The number of halogens is 3. The molecule has 2 rings (SSSR count). The van der Waals surface area contributed by atoms with E-state index in [9.17, 15) is 4.39 Å². The van der Waals surface area contributed by atoms with E-state index in [1.807, 2.05) is 24.3 Å². The van der Waals surface area contributed by atoms with Crippen LogP contribution in [0.4, 0.5) is 10.1 Å². The monoisotopic (exact) mass is 340 g/mol. The summed E-state index contributed by atoms with van der Waals surface area (Å²) in [5, 5.41) is 4.49. The van der Waals surface area contributed by atoms with E-state index in [4.69, 9.17) is 11.6 Å². The van der Waals surface area contributed by atoms with Crippen LogP contribution in [-0.4, -0.2) is 5.71 Å². The van der Waals surface area contributed by atoms with Crippen LogP contribution in [0.25, 0.3) is 0 Å². The maximum Gasteiger partial charge on any atom is 0.133 e. The molecule has 2 aromatic carbocycles. The third kappa shape index (κ3) is 3.55. The Balaban J connectivity index is 2.22. The van der Waals surface area contributed by atoms with Crippen LogP contribution in [0, 0.1) is 5.82 Å². The first kappa shape index (κ1) is 14.0. The van der Waals surface area contributed by atoms with Crippen LogP contribution in [0.2, 0.25) is 5.02 Å². The van der Waals surface area contributed by atoms with Crippen molar-refractivity contribution >= 4 is 38.9 Å². The van der Waals surface area contributed by atoms with Crippen molar-refractivity contribution in [1.82, 2.24) is 0 Å². The molecule has 0 heterocycles. The molecule has 0 saturated carbocycles. The lowest BCUT2D eigenvalue weighted by Gasteiger charge is -2.06. The van der Waals surface area contributed by atoms with E-state index in [1.54, 1.807) is 19.1 Å². The third-order valence-corrected chi connectivity index (χ3v) is 3.37. The lowest BCUT2D eigenvalue weighted by molar-refractivity contribution is 0.625. The molecule has 98 valence electrons. The van der Waals surface area contributed by atoms with Crippen molar-refractivity contribution in [3.63, 3.8) is 0 Å². The predicted molar refractivity (Wildman–Crippen MR) is 81.4 cm³/mol. The quantitative estimate of drug-likeness (QED) is 0.611. The van der Waals surface area contributed by atoms with Crippen LogP contribution in [0.15, 0.2) is 52.0 Å². The molecule has 0 unspecified atom stereocenters. The normalized spacial score (nSPS) is 11.5. The molecule has 0 saturated heterocycles. The van der Waals surface area contributed by atoms with Gasteiger partial charge in [0.15, 0.2) is 0 Å². The Morgan fingerprint density at radius 1 is 1.21 bits per heavy atom. The lowest BCUT2D eigenvalue weighted by Crippen LogP contribution is -2.03. The minimum absolute atomic E-state index is 0.314. The number of hydrogen-bond acceptors (Lipinski definition) is 2. The molecule has 5 heteroatoms. The molecule has 0 atom stereocenters. The molecule has 0 bridgehead atoms. The van der Waals surface area contributed by atoms with Gasteiger partial charge in [0.1, 0.15) is 5.82 Å². The van der Waals surface area contributed by atoms with Gasteiger partial charge in [-0.25, -0.2) is 4.39 Å². The zero-order valence-corrected chi connectivity index (χ0v) is 12.5. The van der Waals surface area contributed by atoms with E-state index in [0.717, 1.165) is 10.2 Å². The minimum Gasteiger partial charge on any atom is -0.278 e. The molecule has 2 nitrogen and oxygen atoms in total. The SMILES string of the molecule is C/C(=N/Nc1ccc(Br)cc1)c1c(F)cccc1Cl. The number of benzene rings is 2. The minimum atomic E-state index is -0.383. The molecule has 0 aliphatic rings. The molecule has 0 amide bonds. The van der Waals surface area contributed by atoms with E-state index in [1.165, 1.54) is 6.07 Å². The maximum atomic E-state index is 13.7. The van der Waals surface area contributed by atoms with Crippen LogP contribution < -0.4 is 5.43 Å². The van der Waals surface area contributed by atoms with Crippen molar-refractivity contribution in [1.29, 1.82) is 0 Å². The van der Waals surface area contributed by atoms with Crippen LogP contribution >= 0.6 is 27.5 Å². The number of rotatable bonds is 3. The van der Waals surface area contributed by atoms with Gasteiger partial charge in [0, 0.05) is 4.47 Å². The number of anilines is 1. The van der Waals surface area contributed by atoms with E-state index < -0.39 is 0 Å². The Morgan fingerprint density at radius 2 is 1.89 bits per heavy atom. The maximum absolute atomic E-state index is 13.7. The molecular formula is C14H11BrClFN2. The Bertz CT molecular complexity index is 591. The van der Waals surface area contributed by atoms with Crippen LogP contribution in [0.1, 0.15) is 12.5 Å². The summed E-state index contributed by atoms with van der Waals surface area (Å²) in [6.07, 6.45) is 0. The van der Waals surface area contributed by atoms with Crippen LogP contribution in [0.3, 0.4) is 0 Å². The summed E-state index contributed by atoms with van der Waals surface area (Å²) < 4.78 is 14.7. The van der Waals surface area contributed by atoms with Gasteiger partial charge in [-0.3, -0.25) is 5.43 Å². The average molecular weight is 342 g/mol. The summed E-state index contributed by atoms with van der Waals surface area (Å²) in [7, 11) is 0. The molecule has 0 spiro atoms. The molecule has 0 radical (unpaired) electrons. The van der Waals surface area contributed by atoms with Gasteiger partial charge in [-0.05, 0) is 43.3 Å². The highest BCUT2D eigenvalue weighted by Crippen LogP contribution is 2.20. The van der Waals surface area contributed by atoms with E-state index in [2.05, 4.69) is 26.5 Å². The third-order valence-electron chi connectivity index (χ3n) is 2.52. The second-order valence-corrected chi connectivity index (χ2v) is 5.24. The predicted octanol–water partition coefficient (Wildman–Crippen LogP) is 5.08. The van der Waals surface area contributed by atoms with E-state index in [-0.39, 0.29) is 5.82 Å². The van der Waals surface area contributed by atoms with Gasteiger partial charge in [0.05, 0.1) is 22.0 Å². The zero-order valence-electron chi connectivity index (χ0n) is 10.1. The fourth-order valence-electron chi connectivity index (χ4n) is 1.57. The standard InChI is InChI=1S/C14H11BrClFN2/c1-9(14-12(16)3-2-4-13(14)17)18-19-11-7-5-10(15)6-8-11/h2-8,19H,1H3/b18-9-. The second kappa shape index (κ2) is 6.17. The zero-order chi connectivity index (χ0) is 13.8. The Labute approximate surface area is 124 Å². The second-order valence-electron chi connectivity index (χ2n) is 3.91. The first-order chi connectivity index (χ1) is 9.08. The van der Waals surface area contributed by atoms with Crippen molar-refractivity contribution < 1.29 is 4.39 Å². The average Bonchev–Trinajstić information content (AvgIpc) is 2.38. The lowest BCUT2D eigenvalue weighted by atomic mass is 10.1. The smallest absolute Gasteiger partial charge is 0.133 e. The first-order valence-corrected chi connectivity index (χ1v) is 6.75. The van der Waals surface area contributed by atoms with Gasteiger partial charge in [-0.1, -0.05) is 33.6 Å². The van der Waals surface area contributed by atoms with Gasteiger partial charge < -0.3 is 0 Å². The molecule has 0 aliphatic heterocycles. The molecule has 1 N–H and O–H groups in total. The van der Waals surface area contributed by atoms with Gasteiger partial charge in [0.25, 0.3) is 0 Å².